The first-order chi connectivity index (χ1) is 16.0. The van der Waals surface area contributed by atoms with Crippen LogP contribution in [0.2, 0.25) is 0 Å². The molecule has 0 aliphatic rings. The Kier molecular flexibility index (Phi) is 6.23. The van der Waals surface area contributed by atoms with Crippen molar-refractivity contribution >= 4 is 23.2 Å². The molecule has 0 unspecified atom stereocenters. The van der Waals surface area contributed by atoms with Crippen LogP contribution in [-0.2, 0) is 11.2 Å². The van der Waals surface area contributed by atoms with Gasteiger partial charge in [0.1, 0.15) is 0 Å². The molecule has 4 aromatic rings. The maximum absolute atomic E-state index is 12.8. The second-order valence-electron chi connectivity index (χ2n) is 7.47. The van der Waals surface area contributed by atoms with Crippen molar-refractivity contribution in [2.45, 2.75) is 13.3 Å². The van der Waals surface area contributed by atoms with Gasteiger partial charge in [-0.1, -0.05) is 30.3 Å². The average Bonchev–Trinajstić information content (AvgIpc) is 3.27. The Bertz CT molecular complexity index is 1350. The summed E-state index contributed by atoms with van der Waals surface area (Å²) < 4.78 is 1.50. The number of nitriles is 1. The van der Waals surface area contributed by atoms with Gasteiger partial charge in [-0.2, -0.15) is 10.4 Å². The molecule has 2 aromatic carbocycles. The molecule has 0 aliphatic carbocycles. The van der Waals surface area contributed by atoms with Gasteiger partial charge in [-0.05, 0) is 42.3 Å². The highest BCUT2D eigenvalue weighted by Crippen LogP contribution is 2.18. The highest BCUT2D eigenvalue weighted by molar-refractivity contribution is 6.04. The quantitative estimate of drug-likeness (QED) is 0.476. The lowest BCUT2D eigenvalue weighted by molar-refractivity contribution is -0.115. The molecule has 2 N–H and O–H groups in total. The molecule has 162 valence electrons. The molecule has 2 aromatic heterocycles. The van der Waals surface area contributed by atoms with Crippen molar-refractivity contribution in [1.29, 1.82) is 5.26 Å². The summed E-state index contributed by atoms with van der Waals surface area (Å²) >= 11 is 0. The fraction of sp³-hybridized carbons (Fsp3) is 0.0800. The van der Waals surface area contributed by atoms with Crippen LogP contribution >= 0.6 is 0 Å². The van der Waals surface area contributed by atoms with Crippen molar-refractivity contribution in [3.05, 3.63) is 102 Å². The maximum Gasteiger partial charge on any atom is 0.255 e. The van der Waals surface area contributed by atoms with Crippen LogP contribution in [0.15, 0.2) is 79.4 Å². The van der Waals surface area contributed by atoms with Crippen molar-refractivity contribution in [2.24, 2.45) is 0 Å². The Labute approximate surface area is 190 Å². The molecule has 4 rings (SSSR count). The van der Waals surface area contributed by atoms with E-state index in [0.29, 0.717) is 28.2 Å². The van der Waals surface area contributed by atoms with Gasteiger partial charge in [-0.15, -0.1) is 0 Å². The third kappa shape index (κ3) is 5.48. The number of aromatic nitrogens is 3. The van der Waals surface area contributed by atoms with Crippen LogP contribution in [0.1, 0.15) is 27.0 Å². The number of nitrogens with one attached hydrogen (secondary N) is 2. The lowest BCUT2D eigenvalue weighted by atomic mass is 10.1. The number of benzene rings is 2. The topological polar surface area (TPSA) is 113 Å². The SMILES string of the molecule is Cc1cncc(NC(=O)c2cc(C#N)cc(-n3cc(NC(=O)Cc4ccccc4)cn3)c2)c1. The molecule has 0 saturated carbocycles. The number of aryl methyl sites for hydroxylation is 1. The molecule has 0 saturated heterocycles. The first-order valence-electron chi connectivity index (χ1n) is 10.2. The second-order valence-corrected chi connectivity index (χ2v) is 7.47. The molecule has 2 heterocycles. The first kappa shape index (κ1) is 21.5. The number of anilines is 2. The molecule has 0 radical (unpaired) electrons. The maximum atomic E-state index is 12.8. The summed E-state index contributed by atoms with van der Waals surface area (Å²) in [5.74, 6) is -0.539. The smallest absolute Gasteiger partial charge is 0.255 e. The molecule has 0 atom stereocenters. The van der Waals surface area contributed by atoms with Crippen molar-refractivity contribution < 1.29 is 9.59 Å². The van der Waals surface area contributed by atoms with E-state index >= 15 is 0 Å². The van der Waals surface area contributed by atoms with E-state index in [9.17, 15) is 14.9 Å². The van der Waals surface area contributed by atoms with Gasteiger partial charge in [0, 0.05) is 11.8 Å². The molecule has 0 spiro atoms. The Morgan fingerprint density at radius 3 is 2.58 bits per heavy atom. The summed E-state index contributed by atoms with van der Waals surface area (Å²) in [5.41, 5.74) is 4.02. The van der Waals surface area contributed by atoms with Gasteiger partial charge < -0.3 is 10.6 Å². The highest BCUT2D eigenvalue weighted by Gasteiger charge is 2.12. The minimum Gasteiger partial charge on any atom is -0.323 e. The lowest BCUT2D eigenvalue weighted by Gasteiger charge is -2.08. The van der Waals surface area contributed by atoms with E-state index in [1.807, 2.05) is 37.3 Å². The minimum absolute atomic E-state index is 0.168. The Morgan fingerprint density at radius 2 is 1.82 bits per heavy atom. The van der Waals surface area contributed by atoms with E-state index in [4.69, 9.17) is 0 Å². The monoisotopic (exact) mass is 436 g/mol. The molecular formula is C25H20N6O2. The Morgan fingerprint density at radius 1 is 1.00 bits per heavy atom. The second kappa shape index (κ2) is 9.58. The van der Waals surface area contributed by atoms with Gasteiger partial charge in [-0.25, -0.2) is 4.68 Å². The summed E-state index contributed by atoms with van der Waals surface area (Å²) in [4.78, 5) is 29.2. The largest absolute Gasteiger partial charge is 0.323 e. The van der Waals surface area contributed by atoms with Crippen LogP contribution in [0.4, 0.5) is 11.4 Å². The number of hydrogen-bond donors (Lipinski definition) is 2. The highest BCUT2D eigenvalue weighted by atomic mass is 16.2. The third-order valence-corrected chi connectivity index (χ3v) is 4.78. The molecular weight excluding hydrogens is 416 g/mol. The van der Waals surface area contributed by atoms with Gasteiger partial charge in [-0.3, -0.25) is 14.6 Å². The zero-order valence-electron chi connectivity index (χ0n) is 17.8. The van der Waals surface area contributed by atoms with E-state index in [-0.39, 0.29) is 18.2 Å². The van der Waals surface area contributed by atoms with Crippen LogP contribution in [0.25, 0.3) is 5.69 Å². The molecule has 2 amide bonds. The molecule has 0 fully saturated rings. The van der Waals surface area contributed by atoms with E-state index < -0.39 is 0 Å². The summed E-state index contributed by atoms with van der Waals surface area (Å²) in [5, 5.41) is 19.3. The molecule has 8 heteroatoms. The summed E-state index contributed by atoms with van der Waals surface area (Å²) in [6.45, 7) is 1.88. The van der Waals surface area contributed by atoms with Gasteiger partial charge >= 0.3 is 0 Å². The summed E-state index contributed by atoms with van der Waals surface area (Å²) in [6.07, 6.45) is 6.63. The first-order valence-corrected chi connectivity index (χ1v) is 10.2. The number of carbonyl (C=O) groups excluding carboxylic acids is 2. The van der Waals surface area contributed by atoms with E-state index in [1.54, 1.807) is 36.8 Å². The van der Waals surface area contributed by atoms with Crippen LogP contribution in [-0.4, -0.2) is 26.6 Å². The van der Waals surface area contributed by atoms with E-state index in [1.165, 1.54) is 16.9 Å². The number of rotatable bonds is 6. The zero-order chi connectivity index (χ0) is 23.2. The van der Waals surface area contributed by atoms with Crippen molar-refractivity contribution in [3.63, 3.8) is 0 Å². The van der Waals surface area contributed by atoms with Crippen LogP contribution < -0.4 is 10.6 Å². The molecule has 0 aliphatic heterocycles. The van der Waals surface area contributed by atoms with E-state index in [0.717, 1.165) is 11.1 Å². The normalized spacial score (nSPS) is 10.3. The van der Waals surface area contributed by atoms with Gasteiger partial charge in [0.15, 0.2) is 0 Å². The minimum atomic E-state index is -0.371. The van der Waals surface area contributed by atoms with Crippen molar-refractivity contribution in [3.8, 4) is 11.8 Å². The molecule has 8 nitrogen and oxygen atoms in total. The number of carbonyl (C=O) groups is 2. The van der Waals surface area contributed by atoms with E-state index in [2.05, 4.69) is 26.8 Å². The third-order valence-electron chi connectivity index (χ3n) is 4.78. The standard InChI is InChI=1S/C25H20N6O2/c1-17-7-21(14-27-13-17)30-25(33)20-8-19(12-26)9-23(11-20)31-16-22(15-28-31)29-24(32)10-18-5-3-2-4-6-18/h2-9,11,13-16H,10H2,1H3,(H,29,32)(H,30,33). The number of hydrogen-bond acceptors (Lipinski definition) is 5. The predicted molar refractivity (Wildman–Crippen MR) is 124 cm³/mol. The van der Waals surface area contributed by atoms with Crippen molar-refractivity contribution in [1.82, 2.24) is 14.8 Å². The molecule has 0 bridgehead atoms. The Balaban J connectivity index is 1.52. The zero-order valence-corrected chi connectivity index (χ0v) is 17.8. The number of amides is 2. The average molecular weight is 436 g/mol. The fourth-order valence-corrected chi connectivity index (χ4v) is 3.28. The Hall–Kier alpha value is -4.77. The lowest BCUT2D eigenvalue weighted by Crippen LogP contribution is -2.14. The molecule has 33 heavy (non-hydrogen) atoms. The van der Waals surface area contributed by atoms with Gasteiger partial charge in [0.25, 0.3) is 5.91 Å². The summed E-state index contributed by atoms with van der Waals surface area (Å²) in [7, 11) is 0. The fourth-order valence-electron chi connectivity index (χ4n) is 3.28. The predicted octanol–water partition coefficient (Wildman–Crippen LogP) is 3.88. The van der Waals surface area contributed by atoms with Crippen LogP contribution in [0.5, 0.6) is 0 Å². The number of pyridine rings is 1. The number of nitrogens with zero attached hydrogens (tertiary/aromatic N) is 4. The van der Waals surface area contributed by atoms with Crippen molar-refractivity contribution in [2.75, 3.05) is 10.6 Å². The van der Waals surface area contributed by atoms with Crippen LogP contribution in [0.3, 0.4) is 0 Å². The van der Waals surface area contributed by atoms with Gasteiger partial charge in [0.05, 0.1) is 53.7 Å². The van der Waals surface area contributed by atoms with Gasteiger partial charge in [0.2, 0.25) is 5.91 Å². The summed E-state index contributed by atoms with van der Waals surface area (Å²) in [6, 6.07) is 18.1. The van der Waals surface area contributed by atoms with Crippen LogP contribution in [0, 0.1) is 18.3 Å².